The highest BCUT2D eigenvalue weighted by Gasteiger charge is 2.06. The van der Waals surface area contributed by atoms with Crippen molar-refractivity contribution in [1.82, 2.24) is 4.57 Å². The van der Waals surface area contributed by atoms with E-state index in [0.29, 0.717) is 18.9 Å². The summed E-state index contributed by atoms with van der Waals surface area (Å²) in [4.78, 5) is 12.3. The largest absolute Gasteiger partial charge is 0.488 e. The van der Waals surface area contributed by atoms with Crippen LogP contribution in [0.25, 0.3) is 10.8 Å². The number of benzene rings is 2. The molecule has 0 aliphatic rings. The SMILES string of the molecule is CCOc1cccn(Cc2cccc3ccccc23)c1=O. The first-order chi connectivity index (χ1) is 10.3. The van der Waals surface area contributed by atoms with E-state index in [1.54, 1.807) is 16.8 Å². The van der Waals surface area contributed by atoms with Gasteiger partial charge < -0.3 is 9.30 Å². The lowest BCUT2D eigenvalue weighted by atomic mass is 10.0. The Kier molecular flexibility index (Phi) is 3.73. The van der Waals surface area contributed by atoms with Crippen LogP contribution >= 0.6 is 0 Å². The Morgan fingerprint density at radius 3 is 2.67 bits per heavy atom. The molecule has 1 aromatic heterocycles. The summed E-state index contributed by atoms with van der Waals surface area (Å²) < 4.78 is 7.06. The van der Waals surface area contributed by atoms with Gasteiger partial charge >= 0.3 is 0 Å². The summed E-state index contributed by atoms with van der Waals surface area (Å²) >= 11 is 0. The minimum absolute atomic E-state index is 0.0905. The van der Waals surface area contributed by atoms with Gasteiger partial charge in [0.05, 0.1) is 13.2 Å². The zero-order chi connectivity index (χ0) is 14.7. The molecule has 21 heavy (non-hydrogen) atoms. The Labute approximate surface area is 123 Å². The first kappa shape index (κ1) is 13.4. The first-order valence-electron chi connectivity index (χ1n) is 7.08. The molecule has 0 spiro atoms. The predicted octanol–water partition coefficient (Wildman–Crippen LogP) is 3.45. The van der Waals surface area contributed by atoms with Crippen LogP contribution in [0.2, 0.25) is 0 Å². The highest BCUT2D eigenvalue weighted by Crippen LogP contribution is 2.19. The van der Waals surface area contributed by atoms with Crippen molar-refractivity contribution in [2.45, 2.75) is 13.5 Å². The van der Waals surface area contributed by atoms with Gasteiger partial charge in [-0.05, 0) is 35.4 Å². The molecular formula is C18H17NO2. The van der Waals surface area contributed by atoms with Crippen molar-refractivity contribution in [3.8, 4) is 5.75 Å². The lowest BCUT2D eigenvalue weighted by Crippen LogP contribution is -2.21. The second kappa shape index (κ2) is 5.83. The lowest BCUT2D eigenvalue weighted by Gasteiger charge is -2.10. The van der Waals surface area contributed by atoms with E-state index in [0.717, 1.165) is 5.56 Å². The molecule has 3 rings (SSSR count). The second-order valence-electron chi connectivity index (χ2n) is 4.88. The second-order valence-corrected chi connectivity index (χ2v) is 4.88. The number of hydrogen-bond donors (Lipinski definition) is 0. The number of pyridine rings is 1. The molecule has 0 amide bonds. The minimum atomic E-state index is -0.0905. The molecule has 0 saturated carbocycles. The van der Waals surface area contributed by atoms with Crippen LogP contribution in [0.5, 0.6) is 5.75 Å². The molecule has 3 heteroatoms. The van der Waals surface area contributed by atoms with E-state index in [1.165, 1.54) is 10.8 Å². The third kappa shape index (κ3) is 2.68. The van der Waals surface area contributed by atoms with Crippen molar-refractivity contribution in [3.63, 3.8) is 0 Å². The van der Waals surface area contributed by atoms with Crippen LogP contribution in [0.15, 0.2) is 65.6 Å². The molecule has 0 saturated heterocycles. The molecule has 3 aromatic rings. The van der Waals surface area contributed by atoms with Gasteiger partial charge in [-0.2, -0.15) is 0 Å². The van der Waals surface area contributed by atoms with E-state index < -0.39 is 0 Å². The van der Waals surface area contributed by atoms with E-state index in [1.807, 2.05) is 31.2 Å². The van der Waals surface area contributed by atoms with Gasteiger partial charge in [0.15, 0.2) is 5.75 Å². The third-order valence-electron chi connectivity index (χ3n) is 3.51. The molecular weight excluding hydrogens is 262 g/mol. The summed E-state index contributed by atoms with van der Waals surface area (Å²) in [5.41, 5.74) is 1.04. The van der Waals surface area contributed by atoms with Crippen molar-refractivity contribution in [3.05, 3.63) is 76.7 Å². The Morgan fingerprint density at radius 2 is 1.81 bits per heavy atom. The van der Waals surface area contributed by atoms with Crippen LogP contribution in [-0.4, -0.2) is 11.2 Å². The summed E-state index contributed by atoms with van der Waals surface area (Å²) in [6.07, 6.45) is 1.80. The van der Waals surface area contributed by atoms with Crippen molar-refractivity contribution >= 4 is 10.8 Å². The van der Waals surface area contributed by atoms with Crippen LogP contribution in [-0.2, 0) is 6.54 Å². The van der Waals surface area contributed by atoms with Gasteiger partial charge in [-0.25, -0.2) is 0 Å². The molecule has 0 atom stereocenters. The van der Waals surface area contributed by atoms with Crippen molar-refractivity contribution < 1.29 is 4.74 Å². The van der Waals surface area contributed by atoms with E-state index in [-0.39, 0.29) is 5.56 Å². The lowest BCUT2D eigenvalue weighted by molar-refractivity contribution is 0.332. The molecule has 0 bridgehead atoms. The van der Waals surface area contributed by atoms with Gasteiger partial charge in [-0.15, -0.1) is 0 Å². The van der Waals surface area contributed by atoms with E-state index in [2.05, 4.69) is 24.3 Å². The molecule has 0 fully saturated rings. The fourth-order valence-electron chi connectivity index (χ4n) is 2.52. The molecule has 3 nitrogen and oxygen atoms in total. The van der Waals surface area contributed by atoms with Crippen LogP contribution in [0.1, 0.15) is 12.5 Å². The Morgan fingerprint density at radius 1 is 1.00 bits per heavy atom. The highest BCUT2D eigenvalue weighted by molar-refractivity contribution is 5.85. The Bertz CT molecular complexity index is 815. The molecule has 106 valence electrons. The van der Waals surface area contributed by atoms with Crippen molar-refractivity contribution in [2.24, 2.45) is 0 Å². The fraction of sp³-hybridized carbons (Fsp3) is 0.167. The number of hydrogen-bond acceptors (Lipinski definition) is 2. The monoisotopic (exact) mass is 279 g/mol. The molecule has 0 N–H and O–H groups in total. The van der Waals surface area contributed by atoms with E-state index in [4.69, 9.17) is 4.74 Å². The van der Waals surface area contributed by atoms with Gasteiger partial charge in [0.1, 0.15) is 0 Å². The van der Waals surface area contributed by atoms with Crippen LogP contribution < -0.4 is 10.3 Å². The first-order valence-corrected chi connectivity index (χ1v) is 7.08. The van der Waals surface area contributed by atoms with Crippen molar-refractivity contribution in [2.75, 3.05) is 6.61 Å². The zero-order valence-corrected chi connectivity index (χ0v) is 12.0. The third-order valence-corrected chi connectivity index (χ3v) is 3.51. The summed E-state index contributed by atoms with van der Waals surface area (Å²) in [5, 5.41) is 2.36. The number of fused-ring (bicyclic) bond motifs is 1. The van der Waals surface area contributed by atoms with Crippen molar-refractivity contribution in [1.29, 1.82) is 0 Å². The zero-order valence-electron chi connectivity index (χ0n) is 12.0. The van der Waals surface area contributed by atoms with Gasteiger partial charge in [-0.3, -0.25) is 4.79 Å². The summed E-state index contributed by atoms with van der Waals surface area (Å²) in [7, 11) is 0. The quantitative estimate of drug-likeness (QED) is 0.732. The maximum atomic E-state index is 12.3. The Hall–Kier alpha value is -2.55. The molecule has 0 radical (unpaired) electrons. The standard InChI is InChI=1S/C18H17NO2/c1-2-21-17-11-6-12-19(18(17)20)13-15-9-5-8-14-7-3-4-10-16(14)15/h3-12H,2,13H2,1H3. The summed E-state index contributed by atoms with van der Waals surface area (Å²) in [6.45, 7) is 2.91. The predicted molar refractivity (Wildman–Crippen MR) is 84.9 cm³/mol. The summed E-state index contributed by atoms with van der Waals surface area (Å²) in [5.74, 6) is 0.403. The van der Waals surface area contributed by atoms with Crippen LogP contribution in [0.4, 0.5) is 0 Å². The molecule has 0 aliphatic carbocycles. The minimum Gasteiger partial charge on any atom is -0.488 e. The van der Waals surface area contributed by atoms with Gasteiger partial charge in [0, 0.05) is 6.20 Å². The van der Waals surface area contributed by atoms with E-state index >= 15 is 0 Å². The maximum Gasteiger partial charge on any atom is 0.293 e. The fourth-order valence-corrected chi connectivity index (χ4v) is 2.52. The number of ether oxygens (including phenoxy) is 1. The number of rotatable bonds is 4. The highest BCUT2D eigenvalue weighted by atomic mass is 16.5. The number of nitrogens with zero attached hydrogens (tertiary/aromatic N) is 1. The molecule has 2 aromatic carbocycles. The average molecular weight is 279 g/mol. The Balaban J connectivity index is 2.03. The van der Waals surface area contributed by atoms with Gasteiger partial charge in [0.2, 0.25) is 0 Å². The van der Waals surface area contributed by atoms with E-state index in [9.17, 15) is 4.79 Å². The molecule has 0 unspecified atom stereocenters. The average Bonchev–Trinajstić information content (AvgIpc) is 2.52. The maximum absolute atomic E-state index is 12.3. The van der Waals surface area contributed by atoms with Crippen LogP contribution in [0.3, 0.4) is 0 Å². The topological polar surface area (TPSA) is 31.2 Å². The van der Waals surface area contributed by atoms with Crippen LogP contribution in [0, 0.1) is 0 Å². The summed E-state index contributed by atoms with van der Waals surface area (Å²) in [6, 6.07) is 17.9. The number of aromatic nitrogens is 1. The molecule has 1 heterocycles. The van der Waals surface area contributed by atoms with Gasteiger partial charge in [-0.1, -0.05) is 42.5 Å². The van der Waals surface area contributed by atoms with Gasteiger partial charge in [0.25, 0.3) is 5.56 Å². The normalized spacial score (nSPS) is 10.7. The smallest absolute Gasteiger partial charge is 0.293 e. The molecule has 0 aliphatic heterocycles.